The molecular formula is C25H27N7O3. The van der Waals surface area contributed by atoms with E-state index in [1.165, 1.54) is 0 Å². The number of rotatable bonds is 7. The van der Waals surface area contributed by atoms with E-state index in [1.54, 1.807) is 6.07 Å². The molecule has 10 heteroatoms. The lowest BCUT2D eigenvalue weighted by Crippen LogP contribution is -2.37. The van der Waals surface area contributed by atoms with Gasteiger partial charge in [-0.25, -0.2) is 4.98 Å². The van der Waals surface area contributed by atoms with Gasteiger partial charge >= 0.3 is 0 Å². The summed E-state index contributed by atoms with van der Waals surface area (Å²) >= 11 is 0. The SMILES string of the molecule is C[C@H](NC(=O)c1cc2nc(Nc3cc(-c4ccccc4)[nH]n3)nc(N3CCOCC3)c2o1)C1CC1. The zero-order chi connectivity index (χ0) is 23.8. The molecule has 0 radical (unpaired) electrons. The van der Waals surface area contributed by atoms with Crippen LogP contribution in [-0.2, 0) is 4.74 Å². The molecular weight excluding hydrogens is 446 g/mol. The number of hydrogen-bond donors (Lipinski definition) is 3. The summed E-state index contributed by atoms with van der Waals surface area (Å²) in [5.74, 6) is 2.16. The van der Waals surface area contributed by atoms with Gasteiger partial charge in [0, 0.05) is 31.3 Å². The number of anilines is 3. The second-order valence-electron chi connectivity index (χ2n) is 9.05. The number of H-pyrrole nitrogens is 1. The Hall–Kier alpha value is -3.92. The Kier molecular flexibility index (Phi) is 5.57. The summed E-state index contributed by atoms with van der Waals surface area (Å²) in [6.45, 7) is 4.58. The normalized spacial score (nSPS) is 16.9. The molecule has 2 fully saturated rings. The number of benzene rings is 1. The Morgan fingerprint density at radius 2 is 1.94 bits per heavy atom. The third kappa shape index (κ3) is 4.57. The first-order chi connectivity index (χ1) is 17.1. The minimum absolute atomic E-state index is 0.121. The number of nitrogens with zero attached hydrogens (tertiary/aromatic N) is 4. The monoisotopic (exact) mass is 473 g/mol. The van der Waals surface area contributed by atoms with Crippen LogP contribution in [0.25, 0.3) is 22.4 Å². The second kappa shape index (κ2) is 9.03. The highest BCUT2D eigenvalue weighted by Crippen LogP contribution is 2.33. The number of morpholine rings is 1. The predicted molar refractivity (Wildman–Crippen MR) is 132 cm³/mol. The fraction of sp³-hybridized carbons (Fsp3) is 0.360. The van der Waals surface area contributed by atoms with Crippen molar-refractivity contribution < 1.29 is 13.9 Å². The summed E-state index contributed by atoms with van der Waals surface area (Å²) < 4.78 is 11.5. The second-order valence-corrected chi connectivity index (χ2v) is 9.05. The van der Waals surface area contributed by atoms with Crippen LogP contribution in [-0.4, -0.2) is 58.4 Å². The van der Waals surface area contributed by atoms with Gasteiger partial charge in [-0.2, -0.15) is 10.1 Å². The van der Waals surface area contributed by atoms with Crippen LogP contribution >= 0.6 is 0 Å². The van der Waals surface area contributed by atoms with Crippen molar-refractivity contribution in [2.45, 2.75) is 25.8 Å². The highest BCUT2D eigenvalue weighted by molar-refractivity contribution is 5.97. The Balaban J connectivity index is 1.31. The Bertz CT molecular complexity index is 1340. The van der Waals surface area contributed by atoms with Crippen LogP contribution in [0.15, 0.2) is 46.9 Å². The van der Waals surface area contributed by atoms with Gasteiger partial charge < -0.3 is 24.7 Å². The van der Waals surface area contributed by atoms with Crippen molar-refractivity contribution in [2.24, 2.45) is 5.92 Å². The molecule has 1 saturated heterocycles. The van der Waals surface area contributed by atoms with E-state index in [1.807, 2.05) is 43.3 Å². The Labute approximate surface area is 202 Å². The molecule has 0 unspecified atom stereocenters. The van der Waals surface area contributed by atoms with Crippen molar-refractivity contribution in [1.29, 1.82) is 0 Å². The van der Waals surface area contributed by atoms with Crippen LogP contribution in [0.4, 0.5) is 17.6 Å². The van der Waals surface area contributed by atoms with Gasteiger partial charge in [0.25, 0.3) is 5.91 Å². The fourth-order valence-electron chi connectivity index (χ4n) is 4.33. The quantitative estimate of drug-likeness (QED) is 0.371. The number of aromatic nitrogens is 4. The topological polar surface area (TPSA) is 121 Å². The van der Waals surface area contributed by atoms with Crippen LogP contribution in [0.5, 0.6) is 0 Å². The number of ether oxygens (including phenoxy) is 1. The molecule has 4 aromatic rings. The van der Waals surface area contributed by atoms with Gasteiger partial charge in [0.2, 0.25) is 5.95 Å². The fourth-order valence-corrected chi connectivity index (χ4v) is 4.33. The van der Waals surface area contributed by atoms with Crippen LogP contribution in [0.3, 0.4) is 0 Å². The first-order valence-corrected chi connectivity index (χ1v) is 12.0. The number of carbonyl (C=O) groups is 1. The predicted octanol–water partition coefficient (Wildman–Crippen LogP) is 3.72. The Morgan fingerprint density at radius 3 is 2.71 bits per heavy atom. The maximum atomic E-state index is 12.8. The van der Waals surface area contributed by atoms with E-state index >= 15 is 0 Å². The molecule has 10 nitrogen and oxygen atoms in total. The van der Waals surface area contributed by atoms with E-state index in [4.69, 9.17) is 14.1 Å². The van der Waals surface area contributed by atoms with Crippen molar-refractivity contribution >= 4 is 34.6 Å². The lowest BCUT2D eigenvalue weighted by Gasteiger charge is -2.27. The summed E-state index contributed by atoms with van der Waals surface area (Å²) in [7, 11) is 0. The van der Waals surface area contributed by atoms with E-state index in [2.05, 4.69) is 30.7 Å². The third-order valence-electron chi connectivity index (χ3n) is 6.48. The van der Waals surface area contributed by atoms with Gasteiger partial charge in [-0.15, -0.1) is 0 Å². The summed E-state index contributed by atoms with van der Waals surface area (Å²) in [6, 6.07) is 13.7. The van der Waals surface area contributed by atoms with Crippen molar-refractivity contribution in [3.63, 3.8) is 0 Å². The van der Waals surface area contributed by atoms with Crippen molar-refractivity contribution in [1.82, 2.24) is 25.5 Å². The molecule has 1 aromatic carbocycles. The number of hydrogen-bond acceptors (Lipinski definition) is 8. The van der Waals surface area contributed by atoms with Crippen molar-refractivity contribution in [3.05, 3.63) is 48.2 Å². The molecule has 35 heavy (non-hydrogen) atoms. The molecule has 0 spiro atoms. The molecule has 6 rings (SSSR count). The highest BCUT2D eigenvalue weighted by Gasteiger charge is 2.30. The Morgan fingerprint density at radius 1 is 1.14 bits per heavy atom. The third-order valence-corrected chi connectivity index (χ3v) is 6.48. The molecule has 4 heterocycles. The molecule has 1 amide bonds. The number of nitrogens with one attached hydrogen (secondary N) is 3. The zero-order valence-electron chi connectivity index (χ0n) is 19.5. The molecule has 1 saturated carbocycles. The van der Waals surface area contributed by atoms with Crippen LogP contribution in [0.2, 0.25) is 0 Å². The molecule has 1 aliphatic heterocycles. The van der Waals surface area contributed by atoms with E-state index in [0.717, 1.165) is 24.1 Å². The number of carbonyl (C=O) groups excluding carboxylic acids is 1. The van der Waals surface area contributed by atoms with Gasteiger partial charge in [-0.1, -0.05) is 30.3 Å². The minimum atomic E-state index is -0.232. The van der Waals surface area contributed by atoms with Gasteiger partial charge in [0.1, 0.15) is 5.52 Å². The number of amides is 1. The van der Waals surface area contributed by atoms with E-state index in [0.29, 0.717) is 60.9 Å². The number of furan rings is 1. The standard InChI is InChI=1S/C25H27N7O3/c1-15(16-7-8-16)26-24(33)20-13-19-22(35-20)23(32-9-11-34-12-10-32)29-25(27-19)28-21-14-18(30-31-21)17-5-3-2-4-6-17/h2-6,13-16H,7-12H2,1H3,(H,26,33)(H2,27,28,29,30,31)/t15-/m0/s1. The minimum Gasteiger partial charge on any atom is -0.445 e. The molecule has 2 aliphatic rings. The van der Waals surface area contributed by atoms with Crippen LogP contribution in [0.1, 0.15) is 30.3 Å². The average molecular weight is 474 g/mol. The lowest BCUT2D eigenvalue weighted by atomic mass is 10.2. The van der Waals surface area contributed by atoms with Gasteiger partial charge in [-0.3, -0.25) is 9.89 Å². The van der Waals surface area contributed by atoms with E-state index in [9.17, 15) is 4.79 Å². The molecule has 3 aromatic heterocycles. The summed E-state index contributed by atoms with van der Waals surface area (Å²) in [5, 5.41) is 13.6. The number of fused-ring (bicyclic) bond motifs is 1. The van der Waals surface area contributed by atoms with Crippen molar-refractivity contribution in [2.75, 3.05) is 36.5 Å². The van der Waals surface area contributed by atoms with Crippen LogP contribution in [0, 0.1) is 5.92 Å². The van der Waals surface area contributed by atoms with Gasteiger partial charge in [-0.05, 0) is 31.2 Å². The van der Waals surface area contributed by atoms with Crippen LogP contribution < -0.4 is 15.5 Å². The summed E-state index contributed by atoms with van der Waals surface area (Å²) in [6.07, 6.45) is 2.31. The molecule has 0 bridgehead atoms. The summed E-state index contributed by atoms with van der Waals surface area (Å²) in [4.78, 5) is 24.3. The molecule has 3 N–H and O–H groups in total. The molecule has 1 atom stereocenters. The first-order valence-electron chi connectivity index (χ1n) is 12.0. The van der Waals surface area contributed by atoms with Gasteiger partial charge in [0.05, 0.1) is 18.9 Å². The largest absolute Gasteiger partial charge is 0.445 e. The highest BCUT2D eigenvalue weighted by atomic mass is 16.5. The lowest BCUT2D eigenvalue weighted by molar-refractivity contribution is 0.0910. The van der Waals surface area contributed by atoms with Gasteiger partial charge in [0.15, 0.2) is 23.0 Å². The van der Waals surface area contributed by atoms with E-state index in [-0.39, 0.29) is 17.7 Å². The van der Waals surface area contributed by atoms with Crippen molar-refractivity contribution in [3.8, 4) is 11.3 Å². The summed E-state index contributed by atoms with van der Waals surface area (Å²) in [5.41, 5.74) is 2.97. The number of aromatic amines is 1. The molecule has 1 aliphatic carbocycles. The zero-order valence-corrected chi connectivity index (χ0v) is 19.5. The first kappa shape index (κ1) is 21.6. The maximum absolute atomic E-state index is 12.8. The maximum Gasteiger partial charge on any atom is 0.287 e. The average Bonchev–Trinajstić information content (AvgIpc) is 3.49. The molecule has 180 valence electrons. The smallest absolute Gasteiger partial charge is 0.287 e. The van der Waals surface area contributed by atoms with E-state index < -0.39 is 0 Å².